The molecule has 5 aromatic rings. The molecule has 6 aliphatic rings. The summed E-state index contributed by atoms with van der Waals surface area (Å²) < 4.78 is 0. The van der Waals surface area contributed by atoms with Crippen LogP contribution in [0, 0.1) is 11.8 Å². The van der Waals surface area contributed by atoms with Crippen LogP contribution in [-0.2, 0) is 12.3 Å². The van der Waals surface area contributed by atoms with Crippen molar-refractivity contribution in [3.05, 3.63) is 161 Å². The molecular weight excluding hydrogens is 662 g/mol. The van der Waals surface area contributed by atoms with Crippen LogP contribution in [0.2, 0.25) is 0 Å². The molecule has 0 radical (unpaired) electrons. The zero-order valence-electron chi connectivity index (χ0n) is 29.8. The highest BCUT2D eigenvalue weighted by atomic mass is 31.1. The normalized spacial score (nSPS) is 23.5. The summed E-state index contributed by atoms with van der Waals surface area (Å²) in [6.07, 6.45) is 27.0. The second-order valence-corrected chi connectivity index (χ2v) is 20.2. The molecule has 0 N–H and O–H groups in total. The number of fused-ring (bicyclic) bond motifs is 12. The molecule has 254 valence electrons. The van der Waals surface area contributed by atoms with Gasteiger partial charge >= 0.3 is 0 Å². The summed E-state index contributed by atoms with van der Waals surface area (Å²) in [7, 11) is -0.784. The zero-order valence-corrected chi connectivity index (χ0v) is 31.6. The third-order valence-electron chi connectivity index (χ3n) is 12.8. The summed E-state index contributed by atoms with van der Waals surface area (Å²) in [6, 6.07) is 38.3. The predicted octanol–water partition coefficient (Wildman–Crippen LogP) is 5.04. The molecule has 0 amide bonds. The second kappa shape index (κ2) is 12.8. The van der Waals surface area contributed by atoms with E-state index in [9.17, 15) is 0 Å². The Morgan fingerprint density at radius 2 is 0.846 bits per heavy atom. The average molecular weight is 707 g/mol. The second-order valence-electron chi connectivity index (χ2n) is 15.7. The Balaban J connectivity index is 1.08. The van der Waals surface area contributed by atoms with Crippen molar-refractivity contribution in [2.75, 3.05) is 12.3 Å². The van der Waals surface area contributed by atoms with Crippen molar-refractivity contribution in [3.8, 4) is 0 Å². The lowest BCUT2D eigenvalue weighted by molar-refractivity contribution is 0.783. The van der Waals surface area contributed by atoms with Crippen LogP contribution < -0.4 is 52.4 Å². The quantitative estimate of drug-likeness (QED) is 0.226. The fraction of sp³-hybridized carbons (Fsp3) is 0.240. The van der Waals surface area contributed by atoms with Gasteiger partial charge in [0.15, 0.2) is 0 Å². The molecule has 4 aliphatic carbocycles. The van der Waals surface area contributed by atoms with Crippen LogP contribution >= 0.6 is 15.8 Å². The van der Waals surface area contributed by atoms with Crippen molar-refractivity contribution in [2.24, 2.45) is 11.8 Å². The highest BCUT2D eigenvalue weighted by Gasteiger charge is 2.35. The molecule has 0 saturated carbocycles. The Labute approximate surface area is 308 Å². The van der Waals surface area contributed by atoms with Crippen LogP contribution in [0.1, 0.15) is 60.8 Å². The van der Waals surface area contributed by atoms with Crippen LogP contribution in [0.4, 0.5) is 0 Å². The van der Waals surface area contributed by atoms with Gasteiger partial charge in [-0.2, -0.15) is 0 Å². The van der Waals surface area contributed by atoms with E-state index in [1.54, 1.807) is 44.0 Å². The molecule has 4 atom stereocenters. The molecule has 5 aromatic carbocycles. The molecule has 0 spiro atoms. The maximum Gasteiger partial charge on any atom is -0.00261 e. The van der Waals surface area contributed by atoms with Gasteiger partial charge in [-0.3, -0.25) is 0 Å². The van der Waals surface area contributed by atoms with E-state index >= 15 is 0 Å². The highest BCUT2D eigenvalue weighted by molar-refractivity contribution is 7.71. The first-order valence-corrected chi connectivity index (χ1v) is 23.0. The van der Waals surface area contributed by atoms with Gasteiger partial charge in [-0.1, -0.05) is 149 Å². The average Bonchev–Trinajstić information content (AvgIpc) is 3.49. The van der Waals surface area contributed by atoms with Crippen molar-refractivity contribution in [3.63, 3.8) is 0 Å². The third kappa shape index (κ3) is 5.09. The molecule has 11 rings (SSSR count). The topological polar surface area (TPSA) is 0 Å². The van der Waals surface area contributed by atoms with E-state index in [0.29, 0.717) is 11.8 Å². The third-order valence-corrected chi connectivity index (χ3v) is 18.3. The molecule has 52 heavy (non-hydrogen) atoms. The maximum atomic E-state index is 2.57. The summed E-state index contributed by atoms with van der Waals surface area (Å²) in [5.74, 6) is 1.12. The molecule has 0 fully saturated rings. The van der Waals surface area contributed by atoms with E-state index in [4.69, 9.17) is 0 Å². The van der Waals surface area contributed by atoms with Gasteiger partial charge in [0.2, 0.25) is 0 Å². The largest absolute Gasteiger partial charge is 0.0763 e. The minimum absolute atomic E-state index is 0.392. The van der Waals surface area contributed by atoms with Crippen LogP contribution in [0.15, 0.2) is 97.1 Å². The Kier molecular flexibility index (Phi) is 7.74. The van der Waals surface area contributed by atoms with Gasteiger partial charge < -0.3 is 0 Å². The molecule has 0 aromatic heterocycles. The predicted molar refractivity (Wildman–Crippen MR) is 226 cm³/mol. The van der Waals surface area contributed by atoms with Crippen molar-refractivity contribution < 1.29 is 0 Å². The molecular formula is C50H44P2. The lowest BCUT2D eigenvalue weighted by Gasteiger charge is -2.29. The van der Waals surface area contributed by atoms with Crippen LogP contribution in [-0.4, -0.2) is 12.3 Å². The van der Waals surface area contributed by atoms with Gasteiger partial charge in [0.25, 0.3) is 0 Å². The smallest absolute Gasteiger partial charge is 0.00261 e. The minimum atomic E-state index is -0.392. The van der Waals surface area contributed by atoms with Gasteiger partial charge in [-0.15, -0.1) is 0 Å². The Hall–Kier alpha value is -4.08. The van der Waals surface area contributed by atoms with Crippen molar-refractivity contribution in [1.29, 1.82) is 0 Å². The summed E-state index contributed by atoms with van der Waals surface area (Å²) in [6.45, 7) is 0. The van der Waals surface area contributed by atoms with E-state index in [-0.39, 0.29) is 0 Å². The Morgan fingerprint density at radius 1 is 0.404 bits per heavy atom. The maximum absolute atomic E-state index is 2.57. The summed E-state index contributed by atoms with van der Waals surface area (Å²) >= 11 is 0. The van der Waals surface area contributed by atoms with Gasteiger partial charge in [-0.25, -0.2) is 0 Å². The van der Waals surface area contributed by atoms with Crippen LogP contribution in [0.3, 0.4) is 0 Å². The molecule has 0 nitrogen and oxygen atoms in total. The number of benzene rings is 5. The molecule has 0 bridgehead atoms. The first-order chi connectivity index (χ1) is 25.8. The lowest BCUT2D eigenvalue weighted by Crippen LogP contribution is -2.38. The molecule has 2 aliphatic heterocycles. The summed E-state index contributed by atoms with van der Waals surface area (Å²) in [4.78, 5) is 0. The fourth-order valence-corrected chi connectivity index (χ4v) is 16.8. The van der Waals surface area contributed by atoms with E-state index in [1.165, 1.54) is 66.4 Å². The van der Waals surface area contributed by atoms with Gasteiger partial charge in [0, 0.05) is 0 Å². The fourth-order valence-electron chi connectivity index (χ4n) is 10.5. The first-order valence-electron chi connectivity index (χ1n) is 19.6. The van der Waals surface area contributed by atoms with Crippen LogP contribution in [0.25, 0.3) is 47.6 Å². The van der Waals surface area contributed by atoms with Gasteiger partial charge in [0.1, 0.15) is 0 Å². The van der Waals surface area contributed by atoms with E-state index in [0.717, 1.165) is 38.5 Å². The summed E-state index contributed by atoms with van der Waals surface area (Å²) in [5.41, 5.74) is 9.63. The Morgan fingerprint density at radius 3 is 1.35 bits per heavy atom. The molecule has 2 heteroatoms. The summed E-state index contributed by atoms with van der Waals surface area (Å²) in [5, 5.41) is 15.2. The Bertz CT molecular complexity index is 2650. The standard InChI is InChI=1S/C50H44P2/c1-5-15-41-33(11-1)21-25-37-29-51(30-38-26-22-34-12-2-6-16-42(34)48(38)47(37)41)45-19-9-10-20-46(45)52-31-39-27-23-35-13-3-7-17-43(35)49(39)50-40(32-52)28-24-36-14-4-8-18-44(36)50/h1,3,5,7,9-24,26,28,37,39H,2,4,6,8,25,27,29-32H2/t37-,39-,51?,52?/m0/s1. The monoisotopic (exact) mass is 706 g/mol. The van der Waals surface area contributed by atoms with Gasteiger partial charge in [0.05, 0.1) is 0 Å². The molecule has 0 saturated heterocycles. The van der Waals surface area contributed by atoms with E-state index < -0.39 is 15.8 Å². The molecule has 2 unspecified atom stereocenters. The lowest BCUT2D eigenvalue weighted by atomic mass is 9.82. The SMILES string of the molecule is C1=c2ccccc2=C2c3c(ccc4c3=CCCC=4)CP(c3ccccc3P3Cc4ccc5c(c4C4=c6ccccc6=CC[C@H]4C3)=CCCC=5)C[C@@H]2C1. The number of rotatable bonds is 2. The van der Waals surface area contributed by atoms with Crippen molar-refractivity contribution in [1.82, 2.24) is 0 Å². The van der Waals surface area contributed by atoms with Crippen LogP contribution in [0.5, 0.6) is 0 Å². The van der Waals surface area contributed by atoms with Gasteiger partial charge in [-0.05, 0) is 161 Å². The van der Waals surface area contributed by atoms with E-state index in [1.807, 2.05) is 0 Å². The van der Waals surface area contributed by atoms with Crippen molar-refractivity contribution >= 4 is 74.1 Å². The number of hydrogen-bond acceptors (Lipinski definition) is 0. The number of hydrogen-bond donors (Lipinski definition) is 0. The van der Waals surface area contributed by atoms with Crippen molar-refractivity contribution in [2.45, 2.75) is 50.8 Å². The first kappa shape index (κ1) is 31.4. The molecule has 2 heterocycles. The van der Waals surface area contributed by atoms with E-state index in [2.05, 4.69) is 134 Å². The highest BCUT2D eigenvalue weighted by Crippen LogP contribution is 2.52. The minimum Gasteiger partial charge on any atom is -0.0763 e. The zero-order chi connectivity index (χ0) is 34.2.